The summed E-state index contributed by atoms with van der Waals surface area (Å²) in [4.78, 5) is 0. The van der Waals surface area contributed by atoms with Gasteiger partial charge in [-0.2, -0.15) is 0 Å². The van der Waals surface area contributed by atoms with Crippen LogP contribution in [0.4, 0.5) is 0 Å². The Balaban J connectivity index is 1.87. The van der Waals surface area contributed by atoms with E-state index in [0.717, 1.165) is 19.4 Å². The number of hydrogen-bond donors (Lipinski definition) is 2. The Morgan fingerprint density at radius 1 is 1.28 bits per heavy atom. The quantitative estimate of drug-likeness (QED) is 0.582. The van der Waals surface area contributed by atoms with Gasteiger partial charge in [-0.05, 0) is 45.4 Å². The normalized spacial score (nSPS) is 42.3. The molecule has 2 aliphatic rings. The molecule has 0 aliphatic carbocycles. The van der Waals surface area contributed by atoms with Gasteiger partial charge < -0.3 is 9.47 Å². The fourth-order valence-electron chi connectivity index (χ4n) is 3.61. The fraction of sp³-hybridized carbons (Fsp3) is 1.00. The van der Waals surface area contributed by atoms with Gasteiger partial charge >= 0.3 is 0 Å². The Morgan fingerprint density at radius 2 is 2.06 bits per heavy atom. The van der Waals surface area contributed by atoms with Gasteiger partial charge in [0, 0.05) is 18.6 Å². The number of hydrogen-bond acceptors (Lipinski definition) is 4. The maximum absolute atomic E-state index is 5.91. The molecule has 3 N–H and O–H groups in total. The molecule has 0 spiro atoms. The average Bonchev–Trinajstić information content (AvgIpc) is 2.93. The molecule has 0 radical (unpaired) electrons. The summed E-state index contributed by atoms with van der Waals surface area (Å²) in [5.41, 5.74) is 3.01. The van der Waals surface area contributed by atoms with Crippen LogP contribution in [0.3, 0.4) is 0 Å². The third-order valence-corrected chi connectivity index (χ3v) is 4.82. The predicted octanol–water partition coefficient (Wildman–Crippen LogP) is 1.84. The Hall–Kier alpha value is -0.160. The molecule has 0 aromatic heterocycles. The topological polar surface area (TPSA) is 56.5 Å². The molecule has 0 amide bonds. The highest BCUT2D eigenvalue weighted by atomic mass is 16.5. The summed E-state index contributed by atoms with van der Waals surface area (Å²) in [6, 6.07) is 0.337. The van der Waals surface area contributed by atoms with E-state index in [1.54, 1.807) is 0 Å². The molecule has 0 aromatic rings. The maximum Gasteiger partial charge on any atom is 0.0597 e. The van der Waals surface area contributed by atoms with Crippen LogP contribution in [0.15, 0.2) is 0 Å². The van der Waals surface area contributed by atoms with Crippen LogP contribution in [0, 0.1) is 11.8 Å². The molecule has 2 aliphatic heterocycles. The van der Waals surface area contributed by atoms with Crippen molar-refractivity contribution < 1.29 is 9.47 Å². The minimum atomic E-state index is 0.292. The second kappa shape index (κ2) is 6.33. The first kappa shape index (κ1) is 14.3. The summed E-state index contributed by atoms with van der Waals surface area (Å²) in [6.45, 7) is 7.53. The lowest BCUT2D eigenvalue weighted by atomic mass is 9.81. The van der Waals surface area contributed by atoms with E-state index >= 15 is 0 Å². The summed E-state index contributed by atoms with van der Waals surface area (Å²) in [7, 11) is 0. The maximum atomic E-state index is 5.91. The summed E-state index contributed by atoms with van der Waals surface area (Å²) >= 11 is 0. The van der Waals surface area contributed by atoms with Gasteiger partial charge in [-0.15, -0.1) is 0 Å². The van der Waals surface area contributed by atoms with Gasteiger partial charge in [-0.3, -0.25) is 11.3 Å². The number of ether oxygens (including phenoxy) is 2. The largest absolute Gasteiger partial charge is 0.378 e. The first-order valence-electron chi connectivity index (χ1n) is 7.36. The molecule has 6 unspecified atom stereocenters. The average molecular weight is 256 g/mol. The van der Waals surface area contributed by atoms with Crippen LogP contribution in [0.2, 0.25) is 0 Å². The molecule has 2 rings (SSSR count). The minimum Gasteiger partial charge on any atom is -0.378 e. The van der Waals surface area contributed by atoms with Gasteiger partial charge in [-0.1, -0.05) is 6.92 Å². The first-order valence-corrected chi connectivity index (χ1v) is 7.36. The minimum absolute atomic E-state index is 0.292. The van der Waals surface area contributed by atoms with Gasteiger partial charge in [-0.25, -0.2) is 0 Å². The number of nitrogens with one attached hydrogen (secondary N) is 1. The van der Waals surface area contributed by atoms with Crippen LogP contribution in [0.5, 0.6) is 0 Å². The van der Waals surface area contributed by atoms with Crippen LogP contribution in [-0.4, -0.2) is 31.0 Å². The molecule has 106 valence electrons. The molecule has 4 nitrogen and oxygen atoms in total. The zero-order valence-corrected chi connectivity index (χ0v) is 11.9. The van der Waals surface area contributed by atoms with Gasteiger partial charge in [0.15, 0.2) is 0 Å². The smallest absolute Gasteiger partial charge is 0.0597 e. The van der Waals surface area contributed by atoms with Gasteiger partial charge in [0.05, 0.1) is 18.3 Å². The summed E-state index contributed by atoms with van der Waals surface area (Å²) in [5.74, 6) is 6.83. The van der Waals surface area contributed by atoms with Crippen molar-refractivity contribution in [3.63, 3.8) is 0 Å². The standard InChI is InChI=1S/C14H28N2O2/c1-9-10(2)18-11(3)14(9)13(16-15)7-6-12-5-4-8-17-12/h9-14,16H,4-8,15H2,1-3H3. The molecule has 18 heavy (non-hydrogen) atoms. The lowest BCUT2D eigenvalue weighted by Gasteiger charge is -2.29. The van der Waals surface area contributed by atoms with E-state index in [2.05, 4.69) is 26.2 Å². The predicted molar refractivity (Wildman–Crippen MR) is 72.0 cm³/mol. The van der Waals surface area contributed by atoms with E-state index < -0.39 is 0 Å². The molecule has 2 heterocycles. The van der Waals surface area contributed by atoms with Crippen LogP contribution in [0.25, 0.3) is 0 Å². The highest BCUT2D eigenvalue weighted by molar-refractivity contribution is 4.91. The number of nitrogens with two attached hydrogens (primary N) is 1. The van der Waals surface area contributed by atoms with E-state index in [-0.39, 0.29) is 0 Å². The molecule has 4 heteroatoms. The van der Waals surface area contributed by atoms with Crippen molar-refractivity contribution in [3.05, 3.63) is 0 Å². The number of rotatable bonds is 5. The van der Waals surface area contributed by atoms with Crippen molar-refractivity contribution in [2.45, 2.75) is 70.8 Å². The van der Waals surface area contributed by atoms with Crippen molar-refractivity contribution in [3.8, 4) is 0 Å². The summed E-state index contributed by atoms with van der Waals surface area (Å²) in [6.07, 6.45) is 5.69. The SMILES string of the molecule is CC1OC(C)C(C(CCC2CCCO2)NN)C1C. The Kier molecular flexibility index (Phi) is 5.01. The Bertz CT molecular complexity index is 256. The fourth-order valence-corrected chi connectivity index (χ4v) is 3.61. The second-order valence-electron chi connectivity index (χ2n) is 5.97. The van der Waals surface area contributed by atoms with Crippen LogP contribution >= 0.6 is 0 Å². The molecule has 2 fully saturated rings. The Morgan fingerprint density at radius 3 is 2.56 bits per heavy atom. The summed E-state index contributed by atoms with van der Waals surface area (Å²) in [5, 5.41) is 0. The van der Waals surface area contributed by atoms with E-state index in [9.17, 15) is 0 Å². The van der Waals surface area contributed by atoms with Crippen molar-refractivity contribution in [2.24, 2.45) is 17.7 Å². The van der Waals surface area contributed by atoms with Crippen LogP contribution in [0.1, 0.15) is 46.5 Å². The van der Waals surface area contributed by atoms with Gasteiger partial charge in [0.1, 0.15) is 0 Å². The van der Waals surface area contributed by atoms with Crippen molar-refractivity contribution in [1.29, 1.82) is 0 Å². The summed E-state index contributed by atoms with van der Waals surface area (Å²) < 4.78 is 11.6. The van der Waals surface area contributed by atoms with Crippen molar-refractivity contribution >= 4 is 0 Å². The molecular formula is C14H28N2O2. The third kappa shape index (κ3) is 3.05. The van der Waals surface area contributed by atoms with E-state index in [0.29, 0.717) is 36.2 Å². The first-order chi connectivity index (χ1) is 8.63. The second-order valence-corrected chi connectivity index (χ2v) is 5.97. The lowest BCUT2D eigenvalue weighted by Crippen LogP contribution is -2.45. The van der Waals surface area contributed by atoms with E-state index in [4.69, 9.17) is 15.3 Å². The molecule has 0 aromatic carbocycles. The van der Waals surface area contributed by atoms with Crippen molar-refractivity contribution in [2.75, 3.05) is 6.61 Å². The molecular weight excluding hydrogens is 228 g/mol. The lowest BCUT2D eigenvalue weighted by molar-refractivity contribution is 0.0454. The zero-order valence-electron chi connectivity index (χ0n) is 11.9. The van der Waals surface area contributed by atoms with Crippen molar-refractivity contribution in [1.82, 2.24) is 5.43 Å². The van der Waals surface area contributed by atoms with Crippen LogP contribution < -0.4 is 11.3 Å². The molecule has 6 atom stereocenters. The molecule has 0 saturated carbocycles. The highest BCUT2D eigenvalue weighted by Gasteiger charge is 2.41. The third-order valence-electron chi connectivity index (χ3n) is 4.82. The number of hydrazine groups is 1. The van der Waals surface area contributed by atoms with Gasteiger partial charge in [0.2, 0.25) is 0 Å². The zero-order chi connectivity index (χ0) is 13.1. The molecule has 2 saturated heterocycles. The highest BCUT2D eigenvalue weighted by Crippen LogP contribution is 2.36. The van der Waals surface area contributed by atoms with Crippen LogP contribution in [-0.2, 0) is 9.47 Å². The Labute approximate surface area is 111 Å². The molecule has 0 bridgehead atoms. The van der Waals surface area contributed by atoms with E-state index in [1.165, 1.54) is 12.8 Å². The van der Waals surface area contributed by atoms with E-state index in [1.807, 2.05) is 0 Å². The monoisotopic (exact) mass is 256 g/mol. The van der Waals surface area contributed by atoms with Gasteiger partial charge in [0.25, 0.3) is 0 Å².